The zero-order valence-corrected chi connectivity index (χ0v) is 17.0. The van der Waals surface area contributed by atoms with Crippen molar-refractivity contribution in [2.45, 2.75) is 25.5 Å². The topological polar surface area (TPSA) is 20.2 Å². The largest absolute Gasteiger partial charge is 1.00 e. The van der Waals surface area contributed by atoms with E-state index in [1.807, 2.05) is 60.7 Å². The van der Waals surface area contributed by atoms with Crippen molar-refractivity contribution in [1.29, 1.82) is 0 Å². The van der Waals surface area contributed by atoms with Crippen LogP contribution in [0.25, 0.3) is 0 Å². The maximum absolute atomic E-state index is 11.3. The number of aliphatic hydroxyl groups is 1. The maximum atomic E-state index is 11.3. The molecule has 0 aliphatic rings. The van der Waals surface area contributed by atoms with Crippen molar-refractivity contribution in [2.75, 3.05) is 20.6 Å². The van der Waals surface area contributed by atoms with E-state index in [0.717, 1.165) is 15.6 Å². The smallest absolute Gasteiger partial charge is 0.177 e. The van der Waals surface area contributed by atoms with Gasteiger partial charge in [-0.2, -0.15) is 0 Å². The minimum atomic E-state index is -1.28. The highest BCUT2D eigenvalue weighted by Crippen LogP contribution is 2.28. The molecule has 0 aromatic heterocycles. The fourth-order valence-corrected chi connectivity index (χ4v) is 2.22. The van der Waals surface area contributed by atoms with Gasteiger partial charge in [0, 0.05) is 11.1 Å². The molecule has 0 radical (unpaired) electrons. The number of nitrogens with zero attached hydrogens (tertiary/aromatic N) is 1. The van der Waals surface area contributed by atoms with Crippen LogP contribution in [0.3, 0.4) is 0 Å². The van der Waals surface area contributed by atoms with E-state index in [1.54, 1.807) is 0 Å². The van der Waals surface area contributed by atoms with Crippen molar-refractivity contribution in [2.24, 2.45) is 0 Å². The minimum absolute atomic E-state index is 0. The monoisotopic (exact) mass is 435 g/mol. The van der Waals surface area contributed by atoms with Gasteiger partial charge in [0.05, 0.1) is 20.1 Å². The van der Waals surface area contributed by atoms with Crippen molar-refractivity contribution in [1.82, 2.24) is 0 Å². The van der Waals surface area contributed by atoms with Crippen LogP contribution in [0.15, 0.2) is 60.7 Å². The molecule has 24 heavy (non-hydrogen) atoms. The molecule has 2 nitrogen and oxygen atoms in total. The molecule has 0 unspecified atom stereocenters. The molecule has 0 amide bonds. The Morgan fingerprint density at radius 1 is 0.917 bits per heavy atom. The fourth-order valence-electron chi connectivity index (χ4n) is 2.22. The molecule has 3 heteroatoms. The van der Waals surface area contributed by atoms with Crippen LogP contribution in [0, 0.1) is 11.8 Å². The van der Waals surface area contributed by atoms with Crippen LogP contribution >= 0.6 is 0 Å². The van der Waals surface area contributed by atoms with Crippen molar-refractivity contribution >= 4 is 0 Å². The molecule has 0 spiro atoms. The zero-order chi connectivity index (χ0) is 16.9. The van der Waals surface area contributed by atoms with Gasteiger partial charge >= 0.3 is 0 Å². The molecule has 0 bridgehead atoms. The van der Waals surface area contributed by atoms with E-state index >= 15 is 0 Å². The molecule has 0 heterocycles. The molecular weight excluding hydrogens is 409 g/mol. The van der Waals surface area contributed by atoms with Crippen LogP contribution in [-0.4, -0.2) is 36.3 Å². The van der Waals surface area contributed by atoms with E-state index < -0.39 is 5.60 Å². The van der Waals surface area contributed by atoms with Gasteiger partial charge in [-0.1, -0.05) is 66.6 Å². The second-order valence-corrected chi connectivity index (χ2v) is 6.77. The van der Waals surface area contributed by atoms with Gasteiger partial charge in [-0.25, -0.2) is 0 Å². The van der Waals surface area contributed by atoms with Crippen molar-refractivity contribution < 1.29 is 33.6 Å². The Labute approximate surface area is 163 Å². The Balaban J connectivity index is 0.00000288. The quantitative estimate of drug-likeness (QED) is 0.420. The first-order valence-corrected chi connectivity index (χ1v) is 8.02. The molecule has 2 rings (SSSR count). The second-order valence-electron chi connectivity index (χ2n) is 6.77. The summed E-state index contributed by atoms with van der Waals surface area (Å²) in [5, 5.41) is 11.3. The Morgan fingerprint density at radius 3 is 1.71 bits per heavy atom. The molecule has 0 aliphatic heterocycles. The van der Waals surface area contributed by atoms with Gasteiger partial charge in [-0.05, 0) is 19.8 Å². The van der Waals surface area contributed by atoms with Gasteiger partial charge in [-0.3, -0.25) is 0 Å². The van der Waals surface area contributed by atoms with Gasteiger partial charge in [0.15, 0.2) is 5.60 Å². The summed E-state index contributed by atoms with van der Waals surface area (Å²) in [7, 11) is 4.31. The first-order valence-electron chi connectivity index (χ1n) is 8.02. The molecule has 1 N–H and O–H groups in total. The highest BCUT2D eigenvalue weighted by Gasteiger charge is 2.29. The van der Waals surface area contributed by atoms with Crippen LogP contribution in [0.1, 0.15) is 25.0 Å². The molecule has 2 aromatic rings. The Kier molecular flexibility index (Phi) is 7.47. The molecule has 0 saturated heterocycles. The van der Waals surface area contributed by atoms with Gasteiger partial charge in [-0.15, -0.1) is 0 Å². The van der Waals surface area contributed by atoms with E-state index in [2.05, 4.69) is 39.8 Å². The third-order valence-electron chi connectivity index (χ3n) is 4.54. The van der Waals surface area contributed by atoms with Crippen LogP contribution in [-0.2, 0) is 5.60 Å². The normalized spacial score (nSPS) is 11.4. The number of rotatable bonds is 4. The average Bonchev–Trinajstić information content (AvgIpc) is 2.56. The molecule has 2 aromatic carbocycles. The molecule has 0 aliphatic carbocycles. The van der Waals surface area contributed by atoms with Crippen molar-refractivity contribution in [3.05, 3.63) is 71.8 Å². The van der Waals surface area contributed by atoms with E-state index in [0.29, 0.717) is 12.6 Å². The van der Waals surface area contributed by atoms with Crippen LogP contribution in [0.5, 0.6) is 0 Å². The lowest BCUT2D eigenvalue weighted by Crippen LogP contribution is -3.00. The number of halogens is 1. The summed E-state index contributed by atoms with van der Waals surface area (Å²) < 4.78 is 0.798. The first kappa shape index (κ1) is 20.7. The summed E-state index contributed by atoms with van der Waals surface area (Å²) in [6, 6.07) is 19.8. The summed E-state index contributed by atoms with van der Waals surface area (Å²) >= 11 is 0. The molecular formula is C21H26INO. The van der Waals surface area contributed by atoms with Crippen LogP contribution in [0.2, 0.25) is 0 Å². The first-order chi connectivity index (χ1) is 10.9. The second kappa shape index (κ2) is 8.66. The highest BCUT2D eigenvalue weighted by molar-refractivity contribution is 5.44. The Bertz CT molecular complexity index is 645. The summed E-state index contributed by atoms with van der Waals surface area (Å²) in [4.78, 5) is 0. The molecule has 128 valence electrons. The summed E-state index contributed by atoms with van der Waals surface area (Å²) in [6.45, 7) is 5.06. The van der Waals surface area contributed by atoms with Gasteiger partial charge in [0.25, 0.3) is 0 Å². The lowest BCUT2D eigenvalue weighted by molar-refractivity contribution is -0.904. The van der Waals surface area contributed by atoms with Gasteiger partial charge in [0.1, 0.15) is 6.54 Å². The highest BCUT2D eigenvalue weighted by atomic mass is 127. The maximum Gasteiger partial charge on any atom is 0.177 e. The van der Waals surface area contributed by atoms with Crippen molar-refractivity contribution in [3.8, 4) is 11.8 Å². The van der Waals surface area contributed by atoms with E-state index in [4.69, 9.17) is 0 Å². The third kappa shape index (κ3) is 4.83. The van der Waals surface area contributed by atoms with Gasteiger partial charge < -0.3 is 33.6 Å². The Hall–Kier alpha value is -1.35. The van der Waals surface area contributed by atoms with Crippen LogP contribution in [0.4, 0.5) is 0 Å². The zero-order valence-electron chi connectivity index (χ0n) is 14.8. The molecule has 0 saturated carbocycles. The predicted octanol–water partition coefficient (Wildman–Crippen LogP) is 0.415. The number of hydrogen-bond acceptors (Lipinski definition) is 1. The standard InChI is InChI=1S/C21H26NO.HI/c1-18(2)22(3,4)17-11-16-21(23,19-12-7-5-8-13-19)20-14-9-6-10-15-20;/h5-10,12-15,18,23H,17H2,1-4H3;1H/q+1;/p-1. The fraction of sp³-hybridized carbons (Fsp3) is 0.333. The SMILES string of the molecule is CC(C)[N+](C)(C)CC#CC(O)(c1ccccc1)c1ccccc1.[I-]. The Morgan fingerprint density at radius 2 is 1.33 bits per heavy atom. The lowest BCUT2D eigenvalue weighted by Gasteiger charge is -2.32. The predicted molar refractivity (Wildman–Crippen MR) is 95.8 cm³/mol. The summed E-state index contributed by atoms with van der Waals surface area (Å²) in [5.74, 6) is 6.35. The van der Waals surface area contributed by atoms with E-state index in [-0.39, 0.29) is 24.0 Å². The van der Waals surface area contributed by atoms with Gasteiger partial charge in [0.2, 0.25) is 0 Å². The van der Waals surface area contributed by atoms with E-state index in [9.17, 15) is 5.11 Å². The number of benzene rings is 2. The summed E-state index contributed by atoms with van der Waals surface area (Å²) in [6.07, 6.45) is 0. The number of quaternary nitrogens is 1. The molecule has 0 fully saturated rings. The summed E-state index contributed by atoms with van der Waals surface area (Å²) in [5.41, 5.74) is 0.321. The molecule has 0 atom stereocenters. The lowest BCUT2D eigenvalue weighted by atomic mass is 9.87. The third-order valence-corrected chi connectivity index (χ3v) is 4.54. The number of hydrogen-bond donors (Lipinski definition) is 1. The van der Waals surface area contributed by atoms with Crippen LogP contribution < -0.4 is 24.0 Å². The van der Waals surface area contributed by atoms with E-state index in [1.165, 1.54) is 0 Å². The minimum Gasteiger partial charge on any atom is -1.00 e. The van der Waals surface area contributed by atoms with Crippen molar-refractivity contribution in [3.63, 3.8) is 0 Å². The average molecular weight is 435 g/mol.